The van der Waals surface area contributed by atoms with Gasteiger partial charge in [0, 0.05) is 35.5 Å². The third kappa shape index (κ3) is 4.08. The van der Waals surface area contributed by atoms with E-state index in [-0.39, 0.29) is 5.82 Å². The normalized spacial score (nSPS) is 15.8. The lowest BCUT2D eigenvalue weighted by Gasteiger charge is -2.22. The van der Waals surface area contributed by atoms with Crippen LogP contribution in [0.3, 0.4) is 0 Å². The van der Waals surface area contributed by atoms with Gasteiger partial charge in [0.05, 0.1) is 22.1 Å². The molecule has 5 rings (SSSR count). The second-order valence-corrected chi connectivity index (χ2v) is 8.45. The summed E-state index contributed by atoms with van der Waals surface area (Å²) in [5.74, 6) is 0.448. The molecule has 1 fully saturated rings. The monoisotopic (exact) mass is 444 g/mol. The van der Waals surface area contributed by atoms with Crippen molar-refractivity contribution in [2.45, 2.75) is 25.8 Å². The molecule has 0 amide bonds. The van der Waals surface area contributed by atoms with Crippen LogP contribution in [0.25, 0.3) is 33.8 Å². The average Bonchev–Trinajstić information content (AvgIpc) is 3.26. The molecule has 1 atom stereocenters. The van der Waals surface area contributed by atoms with Gasteiger partial charge in [-0.3, -0.25) is 4.98 Å². The Hall–Kier alpha value is -3.31. The Morgan fingerprint density at radius 2 is 1.53 bits per heavy atom. The van der Waals surface area contributed by atoms with Gasteiger partial charge < -0.3 is 4.90 Å². The number of nitrogens with zero attached hydrogens (tertiary/aromatic N) is 4. The first kappa shape index (κ1) is 20.6. The molecule has 0 N–H and O–H groups in total. The summed E-state index contributed by atoms with van der Waals surface area (Å²) in [4.78, 5) is 16.4. The largest absolute Gasteiger partial charge is 0.338 e. The second-order valence-electron chi connectivity index (χ2n) is 8.04. The zero-order valence-electron chi connectivity index (χ0n) is 17.7. The van der Waals surface area contributed by atoms with Gasteiger partial charge in [-0.2, -0.15) is 0 Å². The summed E-state index contributed by atoms with van der Waals surface area (Å²) in [6.45, 7) is 3.14. The molecule has 3 heterocycles. The fraction of sp³-hybridized carbons (Fsp3) is 0.192. The molecule has 4 aromatic rings. The maximum absolute atomic E-state index is 13.5. The highest BCUT2D eigenvalue weighted by Gasteiger charge is 2.24. The highest BCUT2D eigenvalue weighted by molar-refractivity contribution is 6.33. The molecule has 1 aliphatic heterocycles. The van der Waals surface area contributed by atoms with Gasteiger partial charge in [0.15, 0.2) is 0 Å². The molecular weight excluding hydrogens is 423 g/mol. The standard InChI is InChI=1S/C26H22ClFN4/c1-17-4-3-15-32(17)26-30-23(16-24(31-26)19-10-12-21(28)13-11-19)18-6-8-20(9-7-18)25-22(27)5-2-14-29-25/h2,5-14,16-17H,3-4,15H2,1H3/t17-/m1/s1. The van der Waals surface area contributed by atoms with Crippen LogP contribution in [0.4, 0.5) is 10.3 Å². The number of halogens is 2. The van der Waals surface area contributed by atoms with Crippen molar-refractivity contribution in [2.24, 2.45) is 0 Å². The molecule has 2 aromatic heterocycles. The molecule has 6 heteroatoms. The molecule has 4 nitrogen and oxygen atoms in total. The third-order valence-electron chi connectivity index (χ3n) is 5.88. The highest BCUT2D eigenvalue weighted by Crippen LogP contribution is 2.31. The first-order chi connectivity index (χ1) is 15.6. The van der Waals surface area contributed by atoms with Gasteiger partial charge in [-0.05, 0) is 62.2 Å². The minimum Gasteiger partial charge on any atom is -0.338 e. The van der Waals surface area contributed by atoms with Gasteiger partial charge in [0.1, 0.15) is 5.82 Å². The summed E-state index contributed by atoms with van der Waals surface area (Å²) < 4.78 is 13.5. The lowest BCUT2D eigenvalue weighted by Crippen LogP contribution is -2.28. The summed E-state index contributed by atoms with van der Waals surface area (Å²) in [5, 5.41) is 0.617. The van der Waals surface area contributed by atoms with Crippen molar-refractivity contribution in [3.63, 3.8) is 0 Å². The van der Waals surface area contributed by atoms with Gasteiger partial charge >= 0.3 is 0 Å². The molecule has 2 aromatic carbocycles. The molecule has 0 saturated carbocycles. The molecule has 1 aliphatic rings. The first-order valence-corrected chi connectivity index (χ1v) is 11.1. The van der Waals surface area contributed by atoms with E-state index in [2.05, 4.69) is 16.8 Å². The molecule has 0 spiro atoms. The number of benzene rings is 2. The fourth-order valence-electron chi connectivity index (χ4n) is 4.11. The lowest BCUT2D eigenvalue weighted by atomic mass is 10.0. The Kier molecular flexibility index (Phi) is 5.58. The van der Waals surface area contributed by atoms with Crippen molar-refractivity contribution in [3.05, 3.63) is 83.8 Å². The van der Waals surface area contributed by atoms with Crippen molar-refractivity contribution < 1.29 is 4.39 Å². The number of hydrogen-bond donors (Lipinski definition) is 0. The number of anilines is 1. The van der Waals surface area contributed by atoms with Crippen LogP contribution in [0.1, 0.15) is 19.8 Å². The third-order valence-corrected chi connectivity index (χ3v) is 6.18. The molecular formula is C26H22ClFN4. The second kappa shape index (κ2) is 8.67. The van der Waals surface area contributed by atoms with Crippen LogP contribution in [-0.4, -0.2) is 27.5 Å². The Morgan fingerprint density at radius 3 is 2.12 bits per heavy atom. The van der Waals surface area contributed by atoms with Crippen LogP contribution >= 0.6 is 11.6 Å². The van der Waals surface area contributed by atoms with Crippen LogP contribution in [0.2, 0.25) is 5.02 Å². The minimum atomic E-state index is -0.264. The Morgan fingerprint density at radius 1 is 0.906 bits per heavy atom. The quantitative estimate of drug-likeness (QED) is 0.353. The van der Waals surface area contributed by atoms with Crippen LogP contribution in [-0.2, 0) is 0 Å². The zero-order chi connectivity index (χ0) is 22.1. The minimum absolute atomic E-state index is 0.264. The number of rotatable bonds is 4. The van der Waals surface area contributed by atoms with Gasteiger partial charge in [0.2, 0.25) is 5.95 Å². The van der Waals surface area contributed by atoms with Crippen molar-refractivity contribution in [1.82, 2.24) is 15.0 Å². The van der Waals surface area contributed by atoms with Gasteiger partial charge in [-0.25, -0.2) is 14.4 Å². The summed E-state index contributed by atoms with van der Waals surface area (Å²) in [5.41, 5.74) is 5.13. The van der Waals surface area contributed by atoms with E-state index in [1.165, 1.54) is 12.1 Å². The van der Waals surface area contributed by atoms with Crippen LogP contribution < -0.4 is 4.90 Å². The fourth-order valence-corrected chi connectivity index (χ4v) is 4.34. The van der Waals surface area contributed by atoms with Crippen molar-refractivity contribution in [1.29, 1.82) is 0 Å². The predicted octanol–water partition coefficient (Wildman–Crippen LogP) is 6.65. The molecule has 0 unspecified atom stereocenters. The summed E-state index contributed by atoms with van der Waals surface area (Å²) in [6.07, 6.45) is 3.98. The van der Waals surface area contributed by atoms with E-state index >= 15 is 0 Å². The SMILES string of the molecule is C[C@@H]1CCCN1c1nc(-c2ccc(F)cc2)cc(-c2ccc(-c3ncccc3Cl)cc2)n1. The Labute approximate surface area is 191 Å². The number of pyridine rings is 1. The maximum Gasteiger partial charge on any atom is 0.226 e. The summed E-state index contributed by atoms with van der Waals surface area (Å²) in [6, 6.07) is 20.5. The van der Waals surface area contributed by atoms with E-state index in [0.717, 1.165) is 53.2 Å². The van der Waals surface area contributed by atoms with E-state index in [1.54, 1.807) is 18.3 Å². The summed E-state index contributed by atoms with van der Waals surface area (Å²) >= 11 is 6.31. The van der Waals surface area contributed by atoms with Gasteiger partial charge in [-0.15, -0.1) is 0 Å². The molecule has 0 aliphatic carbocycles. The zero-order valence-corrected chi connectivity index (χ0v) is 18.4. The van der Waals surface area contributed by atoms with Crippen molar-refractivity contribution in [3.8, 4) is 33.8 Å². The predicted molar refractivity (Wildman–Crippen MR) is 127 cm³/mol. The Bertz CT molecular complexity index is 1240. The van der Waals surface area contributed by atoms with Crippen LogP contribution in [0.15, 0.2) is 72.9 Å². The first-order valence-electron chi connectivity index (χ1n) is 10.7. The molecule has 0 radical (unpaired) electrons. The molecule has 32 heavy (non-hydrogen) atoms. The van der Waals surface area contributed by atoms with Crippen LogP contribution in [0, 0.1) is 5.82 Å². The van der Waals surface area contributed by atoms with Gasteiger partial charge in [-0.1, -0.05) is 35.9 Å². The van der Waals surface area contributed by atoms with Crippen LogP contribution in [0.5, 0.6) is 0 Å². The smallest absolute Gasteiger partial charge is 0.226 e. The topological polar surface area (TPSA) is 41.9 Å². The molecule has 160 valence electrons. The molecule has 0 bridgehead atoms. The highest BCUT2D eigenvalue weighted by atomic mass is 35.5. The maximum atomic E-state index is 13.5. The van der Waals surface area contributed by atoms with Crippen molar-refractivity contribution in [2.75, 3.05) is 11.4 Å². The van der Waals surface area contributed by atoms with E-state index in [1.807, 2.05) is 42.5 Å². The van der Waals surface area contributed by atoms with E-state index < -0.39 is 0 Å². The van der Waals surface area contributed by atoms with Crippen molar-refractivity contribution >= 4 is 17.5 Å². The van der Waals surface area contributed by atoms with E-state index in [0.29, 0.717) is 17.0 Å². The van der Waals surface area contributed by atoms with E-state index in [4.69, 9.17) is 21.6 Å². The summed E-state index contributed by atoms with van der Waals surface area (Å²) in [7, 11) is 0. The Balaban J connectivity index is 1.57. The average molecular weight is 445 g/mol. The lowest BCUT2D eigenvalue weighted by molar-refractivity contribution is 0.628. The van der Waals surface area contributed by atoms with E-state index in [9.17, 15) is 4.39 Å². The number of aromatic nitrogens is 3. The molecule has 1 saturated heterocycles. The van der Waals surface area contributed by atoms with Gasteiger partial charge in [0.25, 0.3) is 0 Å². The number of hydrogen-bond acceptors (Lipinski definition) is 4.